The molecule has 0 saturated heterocycles. The van der Waals surface area contributed by atoms with Crippen LogP contribution in [0.25, 0.3) is 0 Å². The Bertz CT molecular complexity index is 621. The number of benzene rings is 1. The van der Waals surface area contributed by atoms with Crippen LogP contribution in [0.4, 0.5) is 0 Å². The number of aromatic nitrogens is 2. The standard InChI is InChI=1S/C18H28N4O/c1-15-18(14-22(19-15)9-10-23)13-21(4)12-17-8-6-5-7-16(17)11-20(2)3/h5-8,14,23H,9-13H2,1-4H3. The average Bonchev–Trinajstić information content (AvgIpc) is 2.81. The first kappa shape index (κ1) is 17.7. The second-order valence-electron chi connectivity index (χ2n) is 6.41. The number of aliphatic hydroxyl groups excluding tert-OH is 1. The van der Waals surface area contributed by atoms with Gasteiger partial charge in [0.15, 0.2) is 0 Å². The summed E-state index contributed by atoms with van der Waals surface area (Å²) in [5, 5.41) is 13.5. The van der Waals surface area contributed by atoms with Gasteiger partial charge in [-0.15, -0.1) is 0 Å². The summed E-state index contributed by atoms with van der Waals surface area (Å²) in [5.41, 5.74) is 4.99. The highest BCUT2D eigenvalue weighted by atomic mass is 16.3. The molecule has 0 bridgehead atoms. The number of hydrogen-bond donors (Lipinski definition) is 1. The van der Waals surface area contributed by atoms with Crippen LogP contribution in [0.2, 0.25) is 0 Å². The molecular weight excluding hydrogens is 288 g/mol. The second kappa shape index (κ2) is 8.24. The van der Waals surface area contributed by atoms with Crippen molar-refractivity contribution in [1.29, 1.82) is 0 Å². The first-order valence-corrected chi connectivity index (χ1v) is 8.03. The van der Waals surface area contributed by atoms with Gasteiger partial charge in [-0.25, -0.2) is 0 Å². The number of aryl methyl sites for hydroxylation is 1. The van der Waals surface area contributed by atoms with Crippen LogP contribution in [0.3, 0.4) is 0 Å². The molecule has 0 unspecified atom stereocenters. The third-order valence-corrected chi connectivity index (χ3v) is 3.86. The van der Waals surface area contributed by atoms with Crippen molar-refractivity contribution in [3.05, 3.63) is 52.8 Å². The van der Waals surface area contributed by atoms with Crippen LogP contribution >= 0.6 is 0 Å². The largest absolute Gasteiger partial charge is 0.394 e. The van der Waals surface area contributed by atoms with Gasteiger partial charge in [0.05, 0.1) is 18.8 Å². The van der Waals surface area contributed by atoms with E-state index in [1.54, 1.807) is 0 Å². The van der Waals surface area contributed by atoms with Crippen LogP contribution in [-0.2, 0) is 26.2 Å². The fourth-order valence-electron chi connectivity index (χ4n) is 2.78. The third kappa shape index (κ3) is 5.16. The zero-order chi connectivity index (χ0) is 16.8. The number of hydrogen-bond acceptors (Lipinski definition) is 4. The van der Waals surface area contributed by atoms with Crippen molar-refractivity contribution in [2.24, 2.45) is 0 Å². The number of nitrogens with zero attached hydrogens (tertiary/aromatic N) is 4. The maximum Gasteiger partial charge on any atom is 0.0641 e. The molecule has 0 aliphatic heterocycles. The average molecular weight is 316 g/mol. The molecule has 126 valence electrons. The zero-order valence-corrected chi connectivity index (χ0v) is 14.7. The summed E-state index contributed by atoms with van der Waals surface area (Å²) in [6.07, 6.45) is 2.04. The number of rotatable bonds is 8. The summed E-state index contributed by atoms with van der Waals surface area (Å²) < 4.78 is 1.82. The van der Waals surface area contributed by atoms with Crippen molar-refractivity contribution in [1.82, 2.24) is 19.6 Å². The minimum atomic E-state index is 0.119. The topological polar surface area (TPSA) is 44.5 Å². The smallest absolute Gasteiger partial charge is 0.0641 e. The van der Waals surface area contributed by atoms with Crippen LogP contribution in [0.5, 0.6) is 0 Å². The molecule has 0 atom stereocenters. The highest BCUT2D eigenvalue weighted by molar-refractivity contribution is 5.27. The normalized spacial score (nSPS) is 11.6. The molecule has 0 radical (unpaired) electrons. The van der Waals surface area contributed by atoms with Crippen LogP contribution in [0.15, 0.2) is 30.5 Å². The van der Waals surface area contributed by atoms with Gasteiger partial charge >= 0.3 is 0 Å². The Morgan fingerprint density at radius 3 is 2.22 bits per heavy atom. The molecule has 1 heterocycles. The van der Waals surface area contributed by atoms with Crippen molar-refractivity contribution in [3.8, 4) is 0 Å². The molecule has 0 aliphatic carbocycles. The quantitative estimate of drug-likeness (QED) is 0.808. The maximum atomic E-state index is 9.02. The summed E-state index contributed by atoms with van der Waals surface area (Å²) in [4.78, 5) is 4.50. The lowest BCUT2D eigenvalue weighted by Gasteiger charge is -2.20. The van der Waals surface area contributed by atoms with Gasteiger partial charge in [-0.05, 0) is 39.2 Å². The maximum absolute atomic E-state index is 9.02. The van der Waals surface area contributed by atoms with E-state index in [-0.39, 0.29) is 6.61 Å². The van der Waals surface area contributed by atoms with Crippen molar-refractivity contribution in [2.75, 3.05) is 27.7 Å². The Kier molecular flexibility index (Phi) is 6.33. The minimum Gasteiger partial charge on any atom is -0.394 e. The molecule has 2 rings (SSSR count). The molecule has 0 fully saturated rings. The summed E-state index contributed by atoms with van der Waals surface area (Å²) in [6, 6.07) is 8.61. The molecule has 5 nitrogen and oxygen atoms in total. The Labute approximate surface area is 139 Å². The van der Waals surface area contributed by atoms with Crippen LogP contribution in [-0.4, -0.2) is 52.4 Å². The molecule has 23 heavy (non-hydrogen) atoms. The minimum absolute atomic E-state index is 0.119. The first-order valence-electron chi connectivity index (χ1n) is 8.03. The van der Waals surface area contributed by atoms with E-state index in [4.69, 9.17) is 5.11 Å². The summed E-state index contributed by atoms with van der Waals surface area (Å²) in [5.74, 6) is 0. The first-order chi connectivity index (χ1) is 11.0. The lowest BCUT2D eigenvalue weighted by molar-refractivity contribution is 0.269. The van der Waals surface area contributed by atoms with E-state index in [2.05, 4.69) is 60.3 Å². The summed E-state index contributed by atoms with van der Waals surface area (Å²) >= 11 is 0. The predicted molar refractivity (Wildman–Crippen MR) is 93.1 cm³/mol. The molecule has 0 saturated carbocycles. The van der Waals surface area contributed by atoms with Crippen LogP contribution < -0.4 is 0 Å². The molecule has 5 heteroatoms. The monoisotopic (exact) mass is 316 g/mol. The molecule has 1 N–H and O–H groups in total. The Morgan fingerprint density at radius 2 is 1.61 bits per heavy atom. The van der Waals surface area contributed by atoms with Gasteiger partial charge in [-0.3, -0.25) is 9.58 Å². The predicted octanol–water partition coefficient (Wildman–Crippen LogP) is 1.88. The van der Waals surface area contributed by atoms with Crippen molar-refractivity contribution >= 4 is 0 Å². The Morgan fingerprint density at radius 1 is 1.00 bits per heavy atom. The van der Waals surface area contributed by atoms with Gasteiger partial charge < -0.3 is 10.0 Å². The van der Waals surface area contributed by atoms with Gasteiger partial charge in [0.2, 0.25) is 0 Å². The third-order valence-electron chi connectivity index (χ3n) is 3.86. The molecular formula is C18H28N4O. The van der Waals surface area contributed by atoms with Gasteiger partial charge in [0.25, 0.3) is 0 Å². The van der Waals surface area contributed by atoms with Crippen molar-refractivity contribution < 1.29 is 5.11 Å². The van der Waals surface area contributed by atoms with Crippen molar-refractivity contribution in [2.45, 2.75) is 33.1 Å². The van der Waals surface area contributed by atoms with E-state index in [0.717, 1.165) is 25.3 Å². The second-order valence-corrected chi connectivity index (χ2v) is 6.41. The Hall–Kier alpha value is -1.69. The summed E-state index contributed by atoms with van der Waals surface area (Å²) in [7, 11) is 6.33. The lowest BCUT2D eigenvalue weighted by Crippen LogP contribution is -2.20. The lowest BCUT2D eigenvalue weighted by atomic mass is 10.1. The molecule has 1 aromatic carbocycles. The molecule has 1 aromatic heterocycles. The van der Waals surface area contributed by atoms with E-state index in [0.29, 0.717) is 6.54 Å². The Balaban J connectivity index is 2.03. The van der Waals surface area contributed by atoms with Gasteiger partial charge in [0, 0.05) is 31.4 Å². The van der Waals surface area contributed by atoms with Gasteiger partial charge in [0.1, 0.15) is 0 Å². The van der Waals surface area contributed by atoms with E-state index in [1.807, 2.05) is 17.8 Å². The molecule has 0 aliphatic rings. The fraction of sp³-hybridized carbons (Fsp3) is 0.500. The van der Waals surface area contributed by atoms with Gasteiger partial charge in [-0.2, -0.15) is 5.10 Å². The zero-order valence-electron chi connectivity index (χ0n) is 14.7. The number of aliphatic hydroxyl groups is 1. The SMILES string of the molecule is Cc1nn(CCO)cc1CN(C)Cc1ccccc1CN(C)C. The molecule has 0 spiro atoms. The highest BCUT2D eigenvalue weighted by Crippen LogP contribution is 2.15. The summed E-state index contributed by atoms with van der Waals surface area (Å²) in [6.45, 7) is 5.42. The molecule has 2 aromatic rings. The van der Waals surface area contributed by atoms with E-state index < -0.39 is 0 Å². The van der Waals surface area contributed by atoms with E-state index in [1.165, 1.54) is 16.7 Å². The fourth-order valence-corrected chi connectivity index (χ4v) is 2.78. The van der Waals surface area contributed by atoms with Crippen molar-refractivity contribution in [3.63, 3.8) is 0 Å². The van der Waals surface area contributed by atoms with Gasteiger partial charge in [-0.1, -0.05) is 24.3 Å². The molecule has 0 amide bonds. The highest BCUT2D eigenvalue weighted by Gasteiger charge is 2.10. The van der Waals surface area contributed by atoms with E-state index in [9.17, 15) is 0 Å². The van der Waals surface area contributed by atoms with E-state index >= 15 is 0 Å². The van der Waals surface area contributed by atoms with Crippen LogP contribution in [0.1, 0.15) is 22.4 Å². The van der Waals surface area contributed by atoms with Crippen LogP contribution in [0, 0.1) is 6.92 Å².